The van der Waals surface area contributed by atoms with Crippen LogP contribution in [0, 0.1) is 200 Å². The Morgan fingerprint density at radius 2 is 0.787 bits per heavy atom. The van der Waals surface area contributed by atoms with Crippen molar-refractivity contribution in [3.8, 4) is 0 Å². The van der Waals surface area contributed by atoms with Crippen molar-refractivity contribution in [2.45, 2.75) is 270 Å². The van der Waals surface area contributed by atoms with Crippen molar-refractivity contribution < 1.29 is 32.2 Å². The maximum absolute atomic E-state index is 10.6. The minimum atomic E-state index is -0.468. The summed E-state index contributed by atoms with van der Waals surface area (Å²) < 4.78 is 19.1. The van der Waals surface area contributed by atoms with E-state index in [0.29, 0.717) is 30.3 Å². The minimum absolute atomic E-state index is 0. The number of fused-ring (bicyclic) bond motifs is 27. The second-order valence-electron chi connectivity index (χ2n) is 40.5. The van der Waals surface area contributed by atoms with Gasteiger partial charge in [0, 0.05) is 16.8 Å². The molecule has 0 aromatic heterocycles. The van der Waals surface area contributed by atoms with Crippen LogP contribution in [-0.4, -0.2) is 99.9 Å². The van der Waals surface area contributed by atoms with Crippen molar-refractivity contribution in [2.24, 2.45) is 204 Å². The zero-order chi connectivity index (χ0) is 88.1. The van der Waals surface area contributed by atoms with Gasteiger partial charge in [-0.05, 0) is 369 Å². The summed E-state index contributed by atoms with van der Waals surface area (Å²) in [6, 6.07) is 10.9. The number of allylic oxidation sites excluding steroid dienone is 20. The quantitative estimate of drug-likeness (QED) is 0.0628. The maximum atomic E-state index is 10.6. The first-order valence-corrected chi connectivity index (χ1v) is 47.5. The van der Waals surface area contributed by atoms with Crippen LogP contribution in [0.5, 0.6) is 0 Å². The number of hydrogen-bond acceptors (Lipinski definition) is 10. The second-order valence-corrected chi connectivity index (χ2v) is 40.5. The van der Waals surface area contributed by atoms with Gasteiger partial charge in [-0.25, -0.2) is 0 Å². The van der Waals surface area contributed by atoms with Crippen LogP contribution < -0.4 is 0 Å². The summed E-state index contributed by atoms with van der Waals surface area (Å²) in [6.45, 7) is 22.1. The van der Waals surface area contributed by atoms with Gasteiger partial charge in [-0.2, -0.15) is 0 Å². The van der Waals surface area contributed by atoms with E-state index in [1.165, 1.54) is 188 Å². The summed E-state index contributed by atoms with van der Waals surface area (Å²) in [5, 5.41) is 27.9. The Morgan fingerprint density at radius 3 is 1.00 bits per heavy atom. The van der Waals surface area contributed by atoms with E-state index in [2.05, 4.69) is 236 Å². The van der Waals surface area contributed by atoms with Crippen molar-refractivity contribution >= 4 is 49.8 Å². The van der Waals surface area contributed by atoms with Gasteiger partial charge in [-0.3, -0.25) is 9.59 Å². The van der Waals surface area contributed by atoms with Gasteiger partial charge in [-0.1, -0.05) is 209 Å². The third-order valence-corrected chi connectivity index (χ3v) is 31.6. The topological polar surface area (TPSA) is 178 Å². The standard InChI is InChI=1S/C15H18.C12H16.C10H14O2.C10H16O.5C8H12.C7H10.C4H9BN.C3H6O2.CH4BNO.CH3BN.3CH4.2BHN.H2/c1-2-4-12(5-3-1)6-8-14-10-13-7-9-15(14)11-13;1-2-8-5-7(1)11-9-3-4-10(6-9)12(8)11;1-7(11)12-6-10-5-8-2-3-9(10)4-8;1-10(2,11)9-6-7-3-4-8(9)5-7;5*1-6-4-7-2-3-8(6)5-7;1-2-7-4-3-6(1)5-7;1-2-3-4-6-5;1-3(4)5-2;1-3-2-4;1-3-2;;;;2*1-2;/h1-5,7,9,13-15H,6,8,10-11H2;1-2,7-12H,3-6H2;2-3,8-10H,4-6H2,1H3;3-4,7-9,11H,5-6H2,1-2H3;5*2-3,6-8H,4-5H2,1H3;1-2,6-7H,3-5H2;2-4H2,1H3;1-2H3;4H,1H3;1H3;3*1H4;2*2H;1H/i;;;;;;;;;;;;;;;;;;;1+2D. The van der Waals surface area contributed by atoms with Crippen molar-refractivity contribution in [3.63, 3.8) is 0 Å². The molecular formula is C106H172B5N5O6. The molecule has 0 heterocycles. The van der Waals surface area contributed by atoms with Gasteiger partial charge < -0.3 is 14.6 Å². The summed E-state index contributed by atoms with van der Waals surface area (Å²) >= 11 is 0. The van der Waals surface area contributed by atoms with Gasteiger partial charge in [-0.15, -0.1) is 0 Å². The molecule has 12 fully saturated rings. The summed E-state index contributed by atoms with van der Waals surface area (Å²) in [5.41, 5.74) is 1.04. The molecule has 4 N–H and O–H groups in total. The van der Waals surface area contributed by atoms with Crippen molar-refractivity contribution in [1.82, 2.24) is 0 Å². The molecule has 0 amide bonds. The van der Waals surface area contributed by atoms with Crippen LogP contribution in [0.3, 0.4) is 0 Å². The van der Waals surface area contributed by atoms with E-state index >= 15 is 0 Å². The summed E-state index contributed by atoms with van der Waals surface area (Å²) in [6.07, 6.45) is 86.0. The fourth-order valence-corrected chi connectivity index (χ4v) is 25.3. The van der Waals surface area contributed by atoms with Gasteiger partial charge in [0.2, 0.25) is 0 Å². The molecular weight excluding hydrogens is 1490 g/mol. The molecule has 32 atom stereocenters. The molecule has 122 heavy (non-hydrogen) atoms. The molecule has 16 heteroatoms. The summed E-state index contributed by atoms with van der Waals surface area (Å²) in [4.78, 5) is 29.7. The van der Waals surface area contributed by atoms with E-state index in [1.807, 2.05) is 13.8 Å². The zero-order valence-electron chi connectivity index (χ0n) is 78.2. The van der Waals surface area contributed by atoms with Crippen molar-refractivity contribution in [2.75, 3.05) is 34.4 Å². The molecule has 672 valence electrons. The molecule has 1 aromatic carbocycles. The number of nitrogens with zero attached hydrogens (tertiary/aromatic N) is 3. The van der Waals surface area contributed by atoms with E-state index in [-0.39, 0.29) is 34.2 Å². The molecule has 0 spiro atoms. The van der Waals surface area contributed by atoms with Gasteiger partial charge in [0.05, 0.1) is 19.3 Å². The number of ether oxygens (including phenoxy) is 2. The van der Waals surface area contributed by atoms with Crippen LogP contribution in [0.15, 0.2) is 167 Å². The Labute approximate surface area is 754 Å². The van der Waals surface area contributed by atoms with Crippen LogP contribution in [0.1, 0.15) is 267 Å². The number of carbonyl (C=O) groups excluding carboxylic acids is 2. The van der Waals surface area contributed by atoms with Crippen molar-refractivity contribution in [3.05, 3.63) is 157 Å². The zero-order valence-corrected chi connectivity index (χ0v) is 76.2. The van der Waals surface area contributed by atoms with Gasteiger partial charge in [0.25, 0.3) is 0 Å². The molecule has 22 aliphatic carbocycles. The number of nitrogens with one attached hydrogen (secondary N) is 2. The van der Waals surface area contributed by atoms with Crippen LogP contribution in [0.25, 0.3) is 0 Å². The molecule has 12 saturated carbocycles. The van der Waals surface area contributed by atoms with Gasteiger partial charge in [0.15, 0.2) is 0 Å². The van der Waals surface area contributed by atoms with E-state index in [9.17, 15) is 14.7 Å². The summed E-state index contributed by atoms with van der Waals surface area (Å²) in [5.74, 6) is 29.7. The van der Waals surface area contributed by atoms with E-state index in [0.717, 1.165) is 186 Å². The number of aryl methyl sites for hydroxylation is 1. The normalized spacial score (nSPS) is 38.2. The van der Waals surface area contributed by atoms with Crippen molar-refractivity contribution in [1.29, 1.82) is 10.6 Å². The average Bonchev–Trinajstić information content (AvgIpc) is 1.56. The third kappa shape index (κ3) is 32.7. The number of methoxy groups -OCH3 is 1. The Kier molecular flexibility index (Phi) is 47.9. The number of esters is 2. The van der Waals surface area contributed by atoms with E-state index in [4.69, 9.17) is 31.0 Å². The number of carbonyl (C=O) groups is 2. The fraction of sp³-hybridized carbons (Fsp3) is 0.736. The molecule has 11 nitrogen and oxygen atoms in total. The number of rotatable bonds is 9. The Morgan fingerprint density at radius 1 is 0.467 bits per heavy atom. The van der Waals surface area contributed by atoms with Crippen LogP contribution in [-0.2, 0) is 25.5 Å². The predicted molar refractivity (Wildman–Crippen MR) is 521 cm³/mol. The Hall–Kier alpha value is -5.36. The van der Waals surface area contributed by atoms with E-state index in [1.54, 1.807) is 19.3 Å². The first-order valence-electron chi connectivity index (χ1n) is 48.5. The van der Waals surface area contributed by atoms with Crippen LogP contribution >= 0.6 is 0 Å². The number of benzene rings is 1. The summed E-state index contributed by atoms with van der Waals surface area (Å²) in [7, 11) is 21.9. The average molecular weight is 1670 g/mol. The second kappa shape index (κ2) is 55.4. The molecule has 22 aliphatic rings. The fourth-order valence-electron chi connectivity index (χ4n) is 25.3. The number of aliphatic hydroxyl groups is 1. The van der Waals surface area contributed by atoms with Gasteiger partial charge >= 0.3 is 121 Å². The first kappa shape index (κ1) is 105. The Balaban J connectivity index is 0.000000282. The predicted octanol–water partition coefficient (Wildman–Crippen LogP) is 26.2. The molecule has 22 bridgehead atoms. The van der Waals surface area contributed by atoms with Gasteiger partial charge in [0.1, 0.15) is 0 Å². The Bertz CT molecular complexity index is 3340. The molecule has 23 rings (SSSR count). The number of unbranched alkanes of at least 4 members (excludes halogenated alkanes) is 1. The molecule has 32 unspecified atom stereocenters. The van der Waals surface area contributed by atoms with Crippen LogP contribution in [0.4, 0.5) is 0 Å². The molecule has 1 aromatic rings. The molecule has 0 saturated heterocycles. The first-order chi connectivity index (χ1) is 58.4. The molecule has 0 aliphatic heterocycles. The number of hydrogen-bond donors (Lipinski definition) is 4. The van der Waals surface area contributed by atoms with E-state index < -0.39 is 5.60 Å². The molecule has 4 radical (unpaired) electrons. The van der Waals surface area contributed by atoms with Crippen LogP contribution in [0.2, 0.25) is 0 Å². The third-order valence-electron chi connectivity index (χ3n) is 31.6. The SMILES string of the molecule is C.C.C.C1=CC2CC1C1C3CCC(C3)C21.C1=CC2CC1CC2CCc1ccccc1.C1=CC2CCC1C2.CC(=O)OCC1CC2C=CC1C2.CC(C)(O)C1CC2C=CC1C2.CC1CC2C=CC1C2.CC1CC2C=CC1C2.CC1CC2C=CC1C2.CC1CC2C=CC1C2.CC1CC2C=CC1C2.CN=BO.COC(C)=O.[2H][3H].[B]=N.[B]=N.[B]=NC.[B]=NCCCC. The monoisotopic (exact) mass is 1670 g/mol.